The van der Waals surface area contributed by atoms with Crippen molar-refractivity contribution in [1.82, 2.24) is 4.98 Å². The van der Waals surface area contributed by atoms with Crippen molar-refractivity contribution >= 4 is 22.6 Å². The van der Waals surface area contributed by atoms with Crippen LogP contribution in [0, 0.1) is 11.8 Å². The highest BCUT2D eigenvalue weighted by atomic mass is 16.4. The second kappa shape index (κ2) is 4.05. The Bertz CT molecular complexity index is 590. The Morgan fingerprint density at radius 2 is 2.28 bits per heavy atom. The van der Waals surface area contributed by atoms with E-state index in [1.165, 1.54) is 5.39 Å². The first-order valence-corrected chi connectivity index (χ1v) is 6.17. The molecule has 1 aromatic carbocycles. The highest BCUT2D eigenvalue weighted by Crippen LogP contribution is 2.40. The first kappa shape index (κ1) is 11.1. The Kier molecular flexibility index (Phi) is 2.51. The fourth-order valence-electron chi connectivity index (χ4n) is 2.57. The summed E-state index contributed by atoms with van der Waals surface area (Å²) < 4.78 is 0. The molecule has 0 spiro atoms. The molecule has 0 aliphatic heterocycles. The van der Waals surface area contributed by atoms with E-state index in [-0.39, 0.29) is 5.92 Å². The number of hydrogen-bond acceptors (Lipinski definition) is 2. The molecule has 1 fully saturated rings. The van der Waals surface area contributed by atoms with Crippen molar-refractivity contribution in [3.8, 4) is 0 Å². The normalized spacial score (nSPS) is 22.1. The molecule has 94 valence electrons. The van der Waals surface area contributed by atoms with Gasteiger partial charge in [0.05, 0.1) is 11.6 Å². The number of nitrogens with one attached hydrogen (secondary N) is 1. The monoisotopic (exact) mass is 244 g/mol. The number of aliphatic carboxylic acids is 1. The van der Waals surface area contributed by atoms with E-state index in [2.05, 4.69) is 16.0 Å². The Hall–Kier alpha value is -1.97. The van der Waals surface area contributed by atoms with Gasteiger partial charge in [-0.15, -0.1) is 0 Å². The van der Waals surface area contributed by atoms with Crippen LogP contribution in [0.3, 0.4) is 0 Å². The van der Waals surface area contributed by atoms with Gasteiger partial charge in [0.25, 0.3) is 0 Å². The molecule has 0 radical (unpaired) electrons. The van der Waals surface area contributed by atoms with E-state index in [1.54, 1.807) is 0 Å². The van der Waals surface area contributed by atoms with Crippen LogP contribution in [0.1, 0.15) is 6.42 Å². The van der Waals surface area contributed by atoms with Crippen LogP contribution in [0.25, 0.3) is 10.9 Å². The van der Waals surface area contributed by atoms with Gasteiger partial charge in [-0.25, -0.2) is 0 Å². The molecule has 2 atom stereocenters. The van der Waals surface area contributed by atoms with Crippen molar-refractivity contribution in [1.29, 1.82) is 0 Å². The number of H-pyrrole nitrogens is 1. The van der Waals surface area contributed by atoms with Gasteiger partial charge in [-0.2, -0.15) is 0 Å². The molecule has 0 saturated heterocycles. The largest absolute Gasteiger partial charge is 0.481 e. The second-order valence-corrected chi connectivity index (χ2v) is 5.04. The molecule has 4 nitrogen and oxygen atoms in total. The molecule has 3 rings (SSSR count). The standard InChI is InChI=1S/C14H16N2O2/c1-16(8-9-6-11(9)14(17)18)13-7-15-12-5-3-2-4-10(12)13/h2-5,7,9,11,15H,6,8H2,1H3,(H,17,18). The van der Waals surface area contributed by atoms with Gasteiger partial charge in [-0.05, 0) is 18.4 Å². The van der Waals surface area contributed by atoms with E-state index >= 15 is 0 Å². The predicted molar refractivity (Wildman–Crippen MR) is 70.8 cm³/mol. The zero-order chi connectivity index (χ0) is 12.7. The molecule has 0 amide bonds. The summed E-state index contributed by atoms with van der Waals surface area (Å²) in [4.78, 5) is 16.2. The molecule has 1 aliphatic carbocycles. The van der Waals surface area contributed by atoms with Crippen molar-refractivity contribution in [3.05, 3.63) is 30.5 Å². The minimum atomic E-state index is -0.660. The third-order valence-electron chi connectivity index (χ3n) is 3.73. The number of carboxylic acids is 1. The summed E-state index contributed by atoms with van der Waals surface area (Å²) in [5.74, 6) is -0.508. The van der Waals surface area contributed by atoms with Gasteiger partial charge in [0.1, 0.15) is 0 Å². The Morgan fingerprint density at radius 1 is 1.50 bits per heavy atom. The average molecular weight is 244 g/mol. The SMILES string of the molecule is CN(CC1CC1C(=O)O)c1c[nH]c2ccccc12. The smallest absolute Gasteiger partial charge is 0.306 e. The number of rotatable bonds is 4. The summed E-state index contributed by atoms with van der Waals surface area (Å²) in [7, 11) is 2.02. The van der Waals surface area contributed by atoms with Gasteiger partial charge in [0.15, 0.2) is 0 Å². The van der Waals surface area contributed by atoms with Crippen LogP contribution in [0.5, 0.6) is 0 Å². The number of fused-ring (bicyclic) bond motifs is 1. The maximum absolute atomic E-state index is 10.8. The van der Waals surface area contributed by atoms with Gasteiger partial charge in [0, 0.05) is 30.7 Å². The maximum Gasteiger partial charge on any atom is 0.306 e. The van der Waals surface area contributed by atoms with Crippen LogP contribution in [0.2, 0.25) is 0 Å². The third-order valence-corrected chi connectivity index (χ3v) is 3.73. The van der Waals surface area contributed by atoms with Crippen LogP contribution in [0.15, 0.2) is 30.5 Å². The molecule has 18 heavy (non-hydrogen) atoms. The molecule has 2 unspecified atom stereocenters. The van der Waals surface area contributed by atoms with Gasteiger partial charge >= 0.3 is 5.97 Å². The lowest BCUT2D eigenvalue weighted by atomic mass is 10.2. The minimum Gasteiger partial charge on any atom is -0.481 e. The van der Waals surface area contributed by atoms with Gasteiger partial charge in [0.2, 0.25) is 0 Å². The summed E-state index contributed by atoms with van der Waals surface area (Å²) in [5, 5.41) is 10.1. The van der Waals surface area contributed by atoms with Crippen LogP contribution >= 0.6 is 0 Å². The topological polar surface area (TPSA) is 56.3 Å². The second-order valence-electron chi connectivity index (χ2n) is 5.04. The van der Waals surface area contributed by atoms with Crippen LogP contribution in [-0.4, -0.2) is 29.7 Å². The van der Waals surface area contributed by atoms with E-state index in [0.717, 1.165) is 24.2 Å². The van der Waals surface area contributed by atoms with E-state index < -0.39 is 5.97 Å². The number of carboxylic acid groups (broad SMARTS) is 1. The Labute approximate surface area is 105 Å². The third kappa shape index (κ3) is 1.83. The van der Waals surface area contributed by atoms with Crippen LogP contribution in [0.4, 0.5) is 5.69 Å². The number of aromatic nitrogens is 1. The zero-order valence-electron chi connectivity index (χ0n) is 10.3. The van der Waals surface area contributed by atoms with E-state index in [1.807, 2.05) is 31.4 Å². The van der Waals surface area contributed by atoms with E-state index in [9.17, 15) is 4.79 Å². The molecular weight excluding hydrogens is 228 g/mol. The minimum absolute atomic E-state index is 0.141. The quantitative estimate of drug-likeness (QED) is 0.867. The van der Waals surface area contributed by atoms with Crippen LogP contribution < -0.4 is 4.90 Å². The van der Waals surface area contributed by atoms with Gasteiger partial charge < -0.3 is 15.0 Å². The van der Waals surface area contributed by atoms with Crippen molar-refractivity contribution in [3.63, 3.8) is 0 Å². The maximum atomic E-state index is 10.8. The summed E-state index contributed by atoms with van der Waals surface area (Å²) in [5.41, 5.74) is 2.26. The first-order chi connectivity index (χ1) is 8.66. The van der Waals surface area contributed by atoms with Gasteiger partial charge in [-0.3, -0.25) is 4.79 Å². The Morgan fingerprint density at radius 3 is 3.00 bits per heavy atom. The van der Waals surface area contributed by atoms with Crippen molar-refractivity contribution in [2.75, 3.05) is 18.5 Å². The summed E-state index contributed by atoms with van der Waals surface area (Å²) >= 11 is 0. The highest BCUT2D eigenvalue weighted by Gasteiger charge is 2.43. The number of nitrogens with zero attached hydrogens (tertiary/aromatic N) is 1. The number of benzene rings is 1. The number of carbonyl (C=O) groups is 1. The first-order valence-electron chi connectivity index (χ1n) is 6.17. The highest BCUT2D eigenvalue weighted by molar-refractivity contribution is 5.92. The molecule has 1 aliphatic rings. The number of hydrogen-bond donors (Lipinski definition) is 2. The molecule has 1 aromatic heterocycles. The summed E-state index contributed by atoms with van der Waals surface area (Å²) in [6.07, 6.45) is 2.80. The summed E-state index contributed by atoms with van der Waals surface area (Å²) in [6.45, 7) is 0.804. The molecular formula is C14H16N2O2. The molecule has 1 saturated carbocycles. The van der Waals surface area contributed by atoms with Gasteiger partial charge in [-0.1, -0.05) is 18.2 Å². The number of aromatic amines is 1. The van der Waals surface area contributed by atoms with E-state index in [4.69, 9.17) is 5.11 Å². The fraction of sp³-hybridized carbons (Fsp3) is 0.357. The molecule has 4 heteroatoms. The van der Waals surface area contributed by atoms with Crippen LogP contribution in [-0.2, 0) is 4.79 Å². The Balaban J connectivity index is 1.77. The van der Waals surface area contributed by atoms with Crippen molar-refractivity contribution in [2.24, 2.45) is 11.8 Å². The molecule has 0 bridgehead atoms. The zero-order valence-corrected chi connectivity index (χ0v) is 10.3. The van der Waals surface area contributed by atoms with E-state index in [0.29, 0.717) is 5.92 Å². The number of para-hydroxylation sites is 1. The average Bonchev–Trinajstić information content (AvgIpc) is 2.99. The molecule has 2 N–H and O–H groups in total. The molecule has 2 aromatic rings. The lowest BCUT2D eigenvalue weighted by Crippen LogP contribution is -2.21. The summed E-state index contributed by atoms with van der Waals surface area (Å²) in [6, 6.07) is 8.15. The fourth-order valence-corrected chi connectivity index (χ4v) is 2.57. The van der Waals surface area contributed by atoms with Crippen molar-refractivity contribution in [2.45, 2.75) is 6.42 Å². The van der Waals surface area contributed by atoms with Crippen molar-refractivity contribution < 1.29 is 9.90 Å². The predicted octanol–water partition coefficient (Wildman–Crippen LogP) is 2.32. The lowest BCUT2D eigenvalue weighted by Gasteiger charge is -2.18. The number of anilines is 1. The molecule has 1 heterocycles. The lowest BCUT2D eigenvalue weighted by molar-refractivity contribution is -0.138.